The molecule has 0 radical (unpaired) electrons. The Kier molecular flexibility index (Phi) is 4.41. The first-order valence-corrected chi connectivity index (χ1v) is 9.15. The normalized spacial score (nSPS) is 20.9. The number of nitrogens with zero attached hydrogens (tertiary/aromatic N) is 2. The third-order valence-corrected chi connectivity index (χ3v) is 5.36. The lowest BCUT2D eigenvalue weighted by atomic mass is 9.89. The van der Waals surface area contributed by atoms with Gasteiger partial charge >= 0.3 is 0 Å². The molecule has 5 nitrogen and oxygen atoms in total. The smallest absolute Gasteiger partial charge is 0.275 e. The zero-order valence-corrected chi connectivity index (χ0v) is 14.6. The van der Waals surface area contributed by atoms with E-state index in [0.29, 0.717) is 10.9 Å². The van der Waals surface area contributed by atoms with Crippen LogP contribution in [0.25, 0.3) is 0 Å². The second-order valence-electron chi connectivity index (χ2n) is 5.61. The largest absolute Gasteiger partial charge is 0.379 e. The van der Waals surface area contributed by atoms with Crippen molar-refractivity contribution in [3.63, 3.8) is 0 Å². The molecule has 7 heteroatoms. The van der Waals surface area contributed by atoms with E-state index in [9.17, 15) is 4.79 Å². The number of nitrogens with one attached hydrogen (secondary N) is 1. The van der Waals surface area contributed by atoms with Gasteiger partial charge in [0.05, 0.1) is 10.5 Å². The van der Waals surface area contributed by atoms with Crippen LogP contribution in [0.1, 0.15) is 34.4 Å². The number of rotatable bonds is 3. The number of hydrogen-bond donors (Lipinski definition) is 2. The highest BCUT2D eigenvalue weighted by molar-refractivity contribution is 8.13. The minimum Gasteiger partial charge on any atom is -0.379 e. The zero-order chi connectivity index (χ0) is 16.4. The van der Waals surface area contributed by atoms with Crippen LogP contribution in [0, 0.1) is 6.92 Å². The van der Waals surface area contributed by atoms with Crippen molar-refractivity contribution in [2.24, 2.45) is 10.7 Å². The zero-order valence-electron chi connectivity index (χ0n) is 13.0. The van der Waals surface area contributed by atoms with Crippen molar-refractivity contribution in [3.05, 3.63) is 45.9 Å². The number of aromatic nitrogens is 1. The Morgan fingerprint density at radius 1 is 1.43 bits per heavy atom. The highest BCUT2D eigenvalue weighted by Crippen LogP contribution is 2.35. The number of nitrogens with two attached hydrogens (primary N) is 1. The molecular weight excluding hydrogens is 328 g/mol. The Bertz CT molecular complexity index is 771. The molecule has 1 aromatic carbocycles. The molecule has 0 bridgehead atoms. The summed E-state index contributed by atoms with van der Waals surface area (Å²) in [6, 6.07) is 7.78. The molecule has 23 heavy (non-hydrogen) atoms. The van der Waals surface area contributed by atoms with E-state index in [1.54, 1.807) is 17.1 Å². The number of thioether (sulfide) groups is 1. The van der Waals surface area contributed by atoms with Gasteiger partial charge in [-0.3, -0.25) is 9.79 Å². The number of hydrogen-bond acceptors (Lipinski definition) is 6. The number of thiazole rings is 1. The van der Waals surface area contributed by atoms with Crippen LogP contribution in [0.15, 0.2) is 34.6 Å². The van der Waals surface area contributed by atoms with Crippen LogP contribution in [-0.2, 0) is 5.54 Å². The second kappa shape index (κ2) is 6.33. The van der Waals surface area contributed by atoms with Crippen LogP contribution in [0.3, 0.4) is 0 Å². The Hall–Kier alpha value is -1.86. The lowest BCUT2D eigenvalue weighted by Gasteiger charge is -2.30. The molecule has 3 N–H and O–H groups in total. The van der Waals surface area contributed by atoms with Crippen molar-refractivity contribution >= 4 is 39.9 Å². The summed E-state index contributed by atoms with van der Waals surface area (Å²) in [4.78, 5) is 21.0. The molecule has 0 aliphatic carbocycles. The maximum absolute atomic E-state index is 12.2. The fraction of sp³-hybridized carbons (Fsp3) is 0.312. The molecular formula is C16H18N4OS2. The highest BCUT2D eigenvalue weighted by Gasteiger charge is 2.29. The van der Waals surface area contributed by atoms with Crippen LogP contribution >= 0.6 is 23.1 Å². The van der Waals surface area contributed by atoms with E-state index in [1.165, 1.54) is 11.3 Å². The third kappa shape index (κ3) is 3.56. The summed E-state index contributed by atoms with van der Waals surface area (Å²) in [5, 5.41) is 6.16. The van der Waals surface area contributed by atoms with E-state index in [0.717, 1.165) is 28.4 Å². The van der Waals surface area contributed by atoms with Gasteiger partial charge in [-0.1, -0.05) is 23.9 Å². The number of benzene rings is 1. The Labute approximate surface area is 143 Å². The van der Waals surface area contributed by atoms with Gasteiger partial charge in [-0.15, -0.1) is 11.3 Å². The average Bonchev–Trinajstić information content (AvgIpc) is 2.94. The van der Waals surface area contributed by atoms with E-state index in [-0.39, 0.29) is 11.4 Å². The molecule has 0 fully saturated rings. The van der Waals surface area contributed by atoms with Crippen molar-refractivity contribution in [1.29, 1.82) is 0 Å². The Morgan fingerprint density at radius 2 is 2.26 bits per heavy atom. The summed E-state index contributed by atoms with van der Waals surface area (Å²) in [5.41, 5.74) is 7.78. The van der Waals surface area contributed by atoms with Crippen molar-refractivity contribution < 1.29 is 4.79 Å². The fourth-order valence-corrected chi connectivity index (χ4v) is 4.06. The predicted octanol–water partition coefficient (Wildman–Crippen LogP) is 3.37. The summed E-state index contributed by atoms with van der Waals surface area (Å²) >= 11 is 3.04. The standard InChI is InChI=1S/C16H18N4OS2/c1-10-18-13(9-23-10)14(21)19-12-5-3-4-11(8-12)16(2)6-7-22-15(17)20-16/h3-5,8-9H,6-7H2,1-2H3,(H2,17,20)(H,19,21)/t16-/m0/s1. The van der Waals surface area contributed by atoms with E-state index in [4.69, 9.17) is 5.73 Å². The van der Waals surface area contributed by atoms with Gasteiger partial charge in [0.25, 0.3) is 5.91 Å². The number of carbonyl (C=O) groups excluding carboxylic acids is 1. The molecule has 2 heterocycles. The van der Waals surface area contributed by atoms with Gasteiger partial charge in [-0.2, -0.15) is 0 Å². The Balaban J connectivity index is 1.83. The average molecular weight is 346 g/mol. The summed E-state index contributed by atoms with van der Waals surface area (Å²) in [5.74, 6) is 0.749. The number of amidine groups is 1. The lowest BCUT2D eigenvalue weighted by Crippen LogP contribution is -2.28. The molecule has 1 atom stereocenters. The summed E-state index contributed by atoms with van der Waals surface area (Å²) in [6.45, 7) is 3.96. The number of aliphatic imine (C=N–C) groups is 1. The molecule has 1 aromatic heterocycles. The first-order chi connectivity index (χ1) is 11.0. The van der Waals surface area contributed by atoms with Gasteiger partial charge < -0.3 is 11.1 Å². The molecule has 1 aliphatic rings. The van der Waals surface area contributed by atoms with E-state index in [2.05, 4.69) is 22.2 Å². The molecule has 1 aliphatic heterocycles. The quantitative estimate of drug-likeness (QED) is 0.893. The van der Waals surface area contributed by atoms with Crippen LogP contribution in [0.2, 0.25) is 0 Å². The summed E-state index contributed by atoms with van der Waals surface area (Å²) < 4.78 is 0. The predicted molar refractivity (Wildman–Crippen MR) is 97.3 cm³/mol. The maximum Gasteiger partial charge on any atom is 0.275 e. The molecule has 3 rings (SSSR count). The first kappa shape index (κ1) is 16.0. The van der Waals surface area contributed by atoms with Gasteiger partial charge in [0.1, 0.15) is 5.69 Å². The number of carbonyl (C=O) groups is 1. The van der Waals surface area contributed by atoms with Gasteiger partial charge in [0, 0.05) is 16.8 Å². The van der Waals surface area contributed by atoms with E-state index in [1.807, 2.05) is 31.2 Å². The molecule has 0 saturated heterocycles. The Morgan fingerprint density at radius 3 is 2.96 bits per heavy atom. The highest BCUT2D eigenvalue weighted by atomic mass is 32.2. The van der Waals surface area contributed by atoms with Crippen molar-refractivity contribution in [2.45, 2.75) is 25.8 Å². The van der Waals surface area contributed by atoms with Crippen LogP contribution in [0.4, 0.5) is 5.69 Å². The van der Waals surface area contributed by atoms with Crippen molar-refractivity contribution in [3.8, 4) is 0 Å². The first-order valence-electron chi connectivity index (χ1n) is 7.28. The summed E-state index contributed by atoms with van der Waals surface area (Å²) in [7, 11) is 0. The van der Waals surface area contributed by atoms with Gasteiger partial charge in [0.15, 0.2) is 5.17 Å². The molecule has 0 unspecified atom stereocenters. The maximum atomic E-state index is 12.2. The number of amides is 1. The topological polar surface area (TPSA) is 80.4 Å². The monoisotopic (exact) mass is 346 g/mol. The molecule has 0 spiro atoms. The molecule has 120 valence electrons. The van der Waals surface area contributed by atoms with Gasteiger partial charge in [0.2, 0.25) is 0 Å². The van der Waals surface area contributed by atoms with Crippen molar-refractivity contribution in [2.75, 3.05) is 11.1 Å². The van der Waals surface area contributed by atoms with Gasteiger partial charge in [-0.05, 0) is 38.0 Å². The van der Waals surface area contributed by atoms with Crippen LogP contribution < -0.4 is 11.1 Å². The van der Waals surface area contributed by atoms with Crippen LogP contribution in [0.5, 0.6) is 0 Å². The molecule has 0 saturated carbocycles. The summed E-state index contributed by atoms with van der Waals surface area (Å²) in [6.07, 6.45) is 0.918. The number of anilines is 1. The lowest BCUT2D eigenvalue weighted by molar-refractivity contribution is 0.102. The van der Waals surface area contributed by atoms with Crippen LogP contribution in [-0.4, -0.2) is 21.8 Å². The SMILES string of the molecule is Cc1nc(C(=O)Nc2cccc([C@]3(C)CCSC(N)=N3)c2)cs1. The van der Waals surface area contributed by atoms with E-state index >= 15 is 0 Å². The second-order valence-corrected chi connectivity index (χ2v) is 7.79. The molecule has 1 amide bonds. The van der Waals surface area contributed by atoms with Crippen molar-refractivity contribution in [1.82, 2.24) is 4.98 Å². The minimum atomic E-state index is -0.340. The molecule has 2 aromatic rings. The fourth-order valence-electron chi connectivity index (χ4n) is 2.49. The van der Waals surface area contributed by atoms with Gasteiger partial charge in [-0.25, -0.2) is 4.98 Å². The minimum absolute atomic E-state index is 0.195. The number of aryl methyl sites for hydroxylation is 1. The third-order valence-electron chi connectivity index (χ3n) is 3.79. The van der Waals surface area contributed by atoms with E-state index < -0.39 is 0 Å².